The summed E-state index contributed by atoms with van der Waals surface area (Å²) >= 11 is 1.80. The molecule has 0 aliphatic carbocycles. The van der Waals surface area contributed by atoms with Crippen molar-refractivity contribution in [2.24, 2.45) is 4.99 Å². The summed E-state index contributed by atoms with van der Waals surface area (Å²) in [5.74, 6) is 1.48. The van der Waals surface area contributed by atoms with Crippen LogP contribution < -0.4 is 15.4 Å². The van der Waals surface area contributed by atoms with Gasteiger partial charge in [0.05, 0.1) is 6.54 Å². The van der Waals surface area contributed by atoms with Crippen molar-refractivity contribution in [3.05, 3.63) is 29.8 Å². The number of halogens is 3. The first-order chi connectivity index (χ1) is 11.5. The second-order valence-electron chi connectivity index (χ2n) is 4.98. The van der Waals surface area contributed by atoms with Crippen LogP contribution in [0.4, 0.5) is 13.2 Å². The van der Waals surface area contributed by atoms with Crippen LogP contribution in [-0.2, 0) is 6.54 Å². The van der Waals surface area contributed by atoms with Gasteiger partial charge in [0.2, 0.25) is 0 Å². The third-order valence-electron chi connectivity index (χ3n) is 3.02. The molecule has 0 aliphatic rings. The summed E-state index contributed by atoms with van der Waals surface area (Å²) in [5, 5.41) is 6.27. The van der Waals surface area contributed by atoms with E-state index in [4.69, 9.17) is 0 Å². The van der Waals surface area contributed by atoms with Crippen LogP contribution in [0.1, 0.15) is 25.3 Å². The van der Waals surface area contributed by atoms with Crippen LogP contribution in [0.25, 0.3) is 0 Å². The molecule has 0 amide bonds. The maximum Gasteiger partial charge on any atom is 0.573 e. The molecule has 0 saturated heterocycles. The molecule has 0 aliphatic heterocycles. The number of thioether (sulfide) groups is 1. The Kier molecular flexibility index (Phi) is 9.44. The average Bonchev–Trinajstić information content (AvgIpc) is 2.52. The lowest BCUT2D eigenvalue weighted by Crippen LogP contribution is -2.37. The first-order valence-electron chi connectivity index (χ1n) is 7.81. The molecule has 1 aromatic rings. The monoisotopic (exact) mass is 363 g/mol. The minimum atomic E-state index is -4.71. The number of nitrogens with zero attached hydrogens (tertiary/aromatic N) is 1. The Bertz CT molecular complexity index is 510. The molecule has 8 heteroatoms. The van der Waals surface area contributed by atoms with Crippen molar-refractivity contribution < 1.29 is 17.9 Å². The highest BCUT2D eigenvalue weighted by atomic mass is 32.2. The zero-order valence-electron chi connectivity index (χ0n) is 13.9. The molecule has 0 unspecified atom stereocenters. The largest absolute Gasteiger partial charge is 0.573 e. The highest BCUT2D eigenvalue weighted by Gasteiger charge is 2.31. The SMILES string of the molecule is CCNC(=NCc1ccccc1OC(F)(F)F)NCCCCSC. The summed E-state index contributed by atoms with van der Waals surface area (Å²) < 4.78 is 41.3. The molecule has 1 rings (SSSR count). The summed E-state index contributed by atoms with van der Waals surface area (Å²) in [6.45, 7) is 3.49. The van der Waals surface area contributed by atoms with Crippen LogP contribution in [-0.4, -0.2) is 37.4 Å². The molecule has 0 saturated carbocycles. The summed E-state index contributed by atoms with van der Waals surface area (Å²) in [4.78, 5) is 4.33. The molecule has 0 aromatic heterocycles. The zero-order chi connectivity index (χ0) is 17.8. The number of hydrogen-bond acceptors (Lipinski definition) is 3. The van der Waals surface area contributed by atoms with Gasteiger partial charge in [-0.2, -0.15) is 11.8 Å². The van der Waals surface area contributed by atoms with Crippen LogP contribution >= 0.6 is 11.8 Å². The minimum Gasteiger partial charge on any atom is -0.405 e. The van der Waals surface area contributed by atoms with E-state index < -0.39 is 6.36 Å². The first kappa shape index (κ1) is 20.5. The standard InChI is InChI=1S/C16H24F3N3OS/c1-3-20-15(21-10-6-7-11-24-2)22-12-13-8-4-5-9-14(13)23-16(17,18)19/h4-5,8-9H,3,6-7,10-12H2,1-2H3,(H2,20,21,22). The second-order valence-corrected chi connectivity index (χ2v) is 5.96. The van der Waals surface area contributed by atoms with Crippen molar-refractivity contribution in [3.8, 4) is 5.75 Å². The van der Waals surface area contributed by atoms with Crippen LogP contribution in [0.15, 0.2) is 29.3 Å². The normalized spacial score (nSPS) is 12.1. The molecule has 1 aromatic carbocycles. The van der Waals surface area contributed by atoms with Gasteiger partial charge in [0.15, 0.2) is 5.96 Å². The Balaban J connectivity index is 2.65. The van der Waals surface area contributed by atoms with E-state index in [1.165, 1.54) is 12.1 Å². The summed E-state index contributed by atoms with van der Waals surface area (Å²) in [7, 11) is 0. The number of rotatable bonds is 9. The molecule has 4 nitrogen and oxygen atoms in total. The molecule has 0 fully saturated rings. The number of unbranched alkanes of at least 4 members (excludes halogenated alkanes) is 1. The van der Waals surface area contributed by atoms with Crippen molar-refractivity contribution in [3.63, 3.8) is 0 Å². The Morgan fingerprint density at radius 1 is 1.21 bits per heavy atom. The molecule has 2 N–H and O–H groups in total. The van der Waals surface area contributed by atoms with E-state index in [1.54, 1.807) is 23.9 Å². The van der Waals surface area contributed by atoms with Crippen LogP contribution in [0.3, 0.4) is 0 Å². The third kappa shape index (κ3) is 8.90. The Labute approximate surface area is 145 Å². The Morgan fingerprint density at radius 3 is 2.62 bits per heavy atom. The maximum absolute atomic E-state index is 12.4. The fourth-order valence-corrected chi connectivity index (χ4v) is 2.44. The van der Waals surface area contributed by atoms with Crippen molar-refractivity contribution in [2.75, 3.05) is 25.1 Å². The van der Waals surface area contributed by atoms with Gasteiger partial charge in [0, 0.05) is 18.7 Å². The Hall–Kier alpha value is -1.57. The number of guanidine groups is 1. The van der Waals surface area contributed by atoms with E-state index >= 15 is 0 Å². The van der Waals surface area contributed by atoms with Crippen molar-refractivity contribution in [2.45, 2.75) is 32.7 Å². The highest BCUT2D eigenvalue weighted by Crippen LogP contribution is 2.26. The predicted octanol–water partition coefficient (Wildman–Crippen LogP) is 3.78. The average molecular weight is 363 g/mol. The van der Waals surface area contributed by atoms with Gasteiger partial charge in [-0.15, -0.1) is 13.2 Å². The fourth-order valence-electron chi connectivity index (χ4n) is 1.94. The Morgan fingerprint density at radius 2 is 1.96 bits per heavy atom. The highest BCUT2D eigenvalue weighted by molar-refractivity contribution is 7.98. The van der Waals surface area contributed by atoms with E-state index in [0.29, 0.717) is 18.1 Å². The number of aliphatic imine (C=N–C) groups is 1. The number of ether oxygens (including phenoxy) is 1. The number of benzene rings is 1. The van der Waals surface area contributed by atoms with Gasteiger partial charge in [-0.3, -0.25) is 0 Å². The summed E-state index contributed by atoms with van der Waals surface area (Å²) in [5.41, 5.74) is 0.384. The van der Waals surface area contributed by atoms with Crippen molar-refractivity contribution in [1.82, 2.24) is 10.6 Å². The fraction of sp³-hybridized carbons (Fsp3) is 0.562. The molecule has 24 heavy (non-hydrogen) atoms. The molecule has 0 spiro atoms. The number of alkyl halides is 3. The van der Waals surface area contributed by atoms with E-state index in [2.05, 4.69) is 26.6 Å². The van der Waals surface area contributed by atoms with Crippen molar-refractivity contribution >= 4 is 17.7 Å². The molecular weight excluding hydrogens is 339 g/mol. The molecule has 136 valence electrons. The zero-order valence-corrected chi connectivity index (χ0v) is 14.8. The van der Waals surface area contributed by atoms with Gasteiger partial charge in [-0.25, -0.2) is 4.99 Å². The predicted molar refractivity (Wildman–Crippen MR) is 93.6 cm³/mol. The summed E-state index contributed by atoms with van der Waals surface area (Å²) in [6.07, 6.45) is -0.520. The van der Waals surface area contributed by atoms with Gasteiger partial charge in [0.1, 0.15) is 5.75 Å². The van der Waals surface area contributed by atoms with Gasteiger partial charge >= 0.3 is 6.36 Å². The topological polar surface area (TPSA) is 45.7 Å². The second kappa shape index (κ2) is 11.1. The van der Waals surface area contributed by atoms with Crippen LogP contribution in [0.2, 0.25) is 0 Å². The first-order valence-corrected chi connectivity index (χ1v) is 9.20. The lowest BCUT2D eigenvalue weighted by molar-refractivity contribution is -0.274. The van der Waals surface area contributed by atoms with E-state index in [9.17, 15) is 13.2 Å². The molecule has 0 bridgehead atoms. The molecule has 0 atom stereocenters. The third-order valence-corrected chi connectivity index (χ3v) is 3.71. The molecule has 0 radical (unpaired) electrons. The van der Waals surface area contributed by atoms with E-state index in [-0.39, 0.29) is 12.3 Å². The van der Waals surface area contributed by atoms with Gasteiger partial charge in [-0.1, -0.05) is 18.2 Å². The molecule has 0 heterocycles. The quantitative estimate of drug-likeness (QED) is 0.398. The minimum absolute atomic E-state index is 0.104. The van der Waals surface area contributed by atoms with Crippen LogP contribution in [0.5, 0.6) is 5.75 Å². The lowest BCUT2D eigenvalue weighted by Gasteiger charge is -2.14. The number of nitrogens with one attached hydrogen (secondary N) is 2. The van der Waals surface area contributed by atoms with Gasteiger partial charge in [-0.05, 0) is 37.8 Å². The van der Waals surface area contributed by atoms with E-state index in [1.807, 2.05) is 6.92 Å². The van der Waals surface area contributed by atoms with E-state index in [0.717, 1.165) is 25.1 Å². The number of para-hydroxylation sites is 1. The van der Waals surface area contributed by atoms with Crippen molar-refractivity contribution in [1.29, 1.82) is 0 Å². The van der Waals surface area contributed by atoms with Crippen LogP contribution in [0, 0.1) is 0 Å². The lowest BCUT2D eigenvalue weighted by atomic mass is 10.2. The number of hydrogen-bond donors (Lipinski definition) is 2. The maximum atomic E-state index is 12.4. The smallest absolute Gasteiger partial charge is 0.405 e. The van der Waals surface area contributed by atoms with Gasteiger partial charge in [0.25, 0.3) is 0 Å². The van der Waals surface area contributed by atoms with Gasteiger partial charge < -0.3 is 15.4 Å². The molecular formula is C16H24F3N3OS. The summed E-state index contributed by atoms with van der Waals surface area (Å²) in [6, 6.07) is 6.04.